The number of furan rings is 1. The van der Waals surface area contributed by atoms with Gasteiger partial charge in [-0.15, -0.1) is 0 Å². The first kappa shape index (κ1) is 9.71. The van der Waals surface area contributed by atoms with Crippen molar-refractivity contribution < 1.29 is 14.0 Å². The third-order valence-electron chi connectivity index (χ3n) is 1.86. The van der Waals surface area contributed by atoms with E-state index in [1.807, 2.05) is 6.07 Å². The number of aldehydes is 2. The summed E-state index contributed by atoms with van der Waals surface area (Å²) in [6, 6.07) is 1.85. The molecule has 0 radical (unpaired) electrons. The minimum atomic E-state index is 0.474. The lowest BCUT2D eigenvalue weighted by atomic mass is 10.1. The van der Waals surface area contributed by atoms with E-state index < -0.39 is 0 Å². The first-order valence-corrected chi connectivity index (χ1v) is 4.31. The quantitative estimate of drug-likeness (QED) is 0.624. The highest BCUT2D eigenvalue weighted by Crippen LogP contribution is 2.13. The van der Waals surface area contributed by atoms with Crippen LogP contribution in [0.2, 0.25) is 0 Å². The van der Waals surface area contributed by atoms with Gasteiger partial charge in [0, 0.05) is 19.3 Å². The standard InChI is InChI=1S/C10H12O3/c11-6-1-3-9-5-8-13-10(9)4-2-7-12/h5-8H,1-4H2. The summed E-state index contributed by atoms with van der Waals surface area (Å²) in [6.07, 6.45) is 5.66. The molecule has 0 aliphatic heterocycles. The largest absolute Gasteiger partial charge is 0.469 e. The maximum Gasteiger partial charge on any atom is 0.120 e. The van der Waals surface area contributed by atoms with Gasteiger partial charge in [-0.3, -0.25) is 0 Å². The van der Waals surface area contributed by atoms with E-state index in [0.717, 1.165) is 23.9 Å². The zero-order chi connectivity index (χ0) is 9.52. The summed E-state index contributed by atoms with van der Waals surface area (Å²) in [4.78, 5) is 20.3. The number of carbonyl (C=O) groups excluding carboxylic acids is 2. The topological polar surface area (TPSA) is 47.3 Å². The van der Waals surface area contributed by atoms with Crippen LogP contribution in [0.15, 0.2) is 16.7 Å². The molecule has 0 aromatic carbocycles. The lowest BCUT2D eigenvalue weighted by Gasteiger charge is -1.96. The number of aryl methyl sites for hydroxylation is 2. The summed E-state index contributed by atoms with van der Waals surface area (Å²) in [5, 5.41) is 0. The highest BCUT2D eigenvalue weighted by atomic mass is 16.3. The Bertz CT molecular complexity index is 249. The smallest absolute Gasteiger partial charge is 0.120 e. The van der Waals surface area contributed by atoms with Crippen LogP contribution >= 0.6 is 0 Å². The molecule has 0 saturated heterocycles. The van der Waals surface area contributed by atoms with Gasteiger partial charge in [0.2, 0.25) is 0 Å². The van der Waals surface area contributed by atoms with Crippen LogP contribution in [0.3, 0.4) is 0 Å². The van der Waals surface area contributed by atoms with Gasteiger partial charge in [-0.2, -0.15) is 0 Å². The number of carbonyl (C=O) groups is 2. The van der Waals surface area contributed by atoms with Crippen molar-refractivity contribution in [3.8, 4) is 0 Å². The van der Waals surface area contributed by atoms with Crippen molar-refractivity contribution in [2.24, 2.45) is 0 Å². The van der Waals surface area contributed by atoms with Crippen molar-refractivity contribution >= 4 is 12.6 Å². The molecule has 0 amide bonds. The van der Waals surface area contributed by atoms with Gasteiger partial charge in [0.05, 0.1) is 6.26 Å². The summed E-state index contributed by atoms with van der Waals surface area (Å²) in [7, 11) is 0. The molecule has 70 valence electrons. The molecule has 0 unspecified atom stereocenters. The van der Waals surface area contributed by atoms with E-state index in [1.54, 1.807) is 6.26 Å². The maximum atomic E-state index is 10.1. The van der Waals surface area contributed by atoms with Crippen LogP contribution in [0.1, 0.15) is 24.2 Å². The van der Waals surface area contributed by atoms with Gasteiger partial charge < -0.3 is 14.0 Å². The van der Waals surface area contributed by atoms with Crippen LogP contribution in [0.5, 0.6) is 0 Å². The van der Waals surface area contributed by atoms with Crippen molar-refractivity contribution in [1.29, 1.82) is 0 Å². The van der Waals surface area contributed by atoms with Crippen LogP contribution in [0.4, 0.5) is 0 Å². The highest BCUT2D eigenvalue weighted by molar-refractivity contribution is 5.51. The Morgan fingerprint density at radius 1 is 1.15 bits per heavy atom. The average molecular weight is 180 g/mol. The second kappa shape index (κ2) is 5.30. The minimum absolute atomic E-state index is 0.474. The fraction of sp³-hybridized carbons (Fsp3) is 0.400. The molecule has 1 aromatic heterocycles. The maximum absolute atomic E-state index is 10.1. The summed E-state index contributed by atoms with van der Waals surface area (Å²) in [5.41, 5.74) is 1.04. The van der Waals surface area contributed by atoms with Crippen LogP contribution < -0.4 is 0 Å². The van der Waals surface area contributed by atoms with Crippen LogP contribution in [-0.2, 0) is 22.4 Å². The molecule has 3 heteroatoms. The minimum Gasteiger partial charge on any atom is -0.469 e. The van der Waals surface area contributed by atoms with Crippen molar-refractivity contribution in [2.45, 2.75) is 25.7 Å². The van der Waals surface area contributed by atoms with Crippen molar-refractivity contribution in [1.82, 2.24) is 0 Å². The summed E-state index contributed by atoms with van der Waals surface area (Å²) < 4.78 is 5.19. The molecular weight excluding hydrogens is 168 g/mol. The zero-order valence-electron chi connectivity index (χ0n) is 7.36. The monoisotopic (exact) mass is 180 g/mol. The SMILES string of the molecule is O=CCCc1ccoc1CCC=O. The number of hydrogen-bond donors (Lipinski definition) is 0. The normalized spacial score (nSPS) is 9.85. The Labute approximate surface area is 76.7 Å². The van der Waals surface area contributed by atoms with Gasteiger partial charge in [0.1, 0.15) is 18.3 Å². The lowest BCUT2D eigenvalue weighted by molar-refractivity contribution is -0.108. The van der Waals surface area contributed by atoms with E-state index in [0.29, 0.717) is 25.7 Å². The van der Waals surface area contributed by atoms with Crippen LogP contribution in [0.25, 0.3) is 0 Å². The molecule has 13 heavy (non-hydrogen) atoms. The molecule has 0 bridgehead atoms. The molecule has 0 fully saturated rings. The molecule has 0 aliphatic rings. The summed E-state index contributed by atoms with van der Waals surface area (Å²) in [6.45, 7) is 0. The third-order valence-corrected chi connectivity index (χ3v) is 1.86. The fourth-order valence-electron chi connectivity index (χ4n) is 1.21. The van der Waals surface area contributed by atoms with Crippen LogP contribution in [0, 0.1) is 0 Å². The molecule has 1 heterocycles. The van der Waals surface area contributed by atoms with Gasteiger partial charge in [0.25, 0.3) is 0 Å². The second-order valence-corrected chi connectivity index (χ2v) is 2.78. The van der Waals surface area contributed by atoms with Gasteiger partial charge in [-0.05, 0) is 18.1 Å². The highest BCUT2D eigenvalue weighted by Gasteiger charge is 2.04. The van der Waals surface area contributed by atoms with Crippen molar-refractivity contribution in [2.75, 3.05) is 0 Å². The van der Waals surface area contributed by atoms with E-state index in [2.05, 4.69) is 0 Å². The Morgan fingerprint density at radius 2 is 1.85 bits per heavy atom. The summed E-state index contributed by atoms with van der Waals surface area (Å²) in [5.74, 6) is 0.828. The molecule has 0 saturated carbocycles. The Kier molecular flexibility index (Phi) is 3.96. The van der Waals surface area contributed by atoms with Crippen molar-refractivity contribution in [3.05, 3.63) is 23.7 Å². The molecular formula is C10H12O3. The first-order valence-electron chi connectivity index (χ1n) is 4.31. The molecule has 1 rings (SSSR count). The molecule has 0 spiro atoms. The average Bonchev–Trinajstić information content (AvgIpc) is 2.59. The zero-order valence-corrected chi connectivity index (χ0v) is 7.36. The van der Waals surface area contributed by atoms with Crippen LogP contribution in [-0.4, -0.2) is 12.6 Å². The van der Waals surface area contributed by atoms with Gasteiger partial charge >= 0.3 is 0 Å². The predicted octanol–water partition coefficient (Wildman–Crippen LogP) is 1.54. The van der Waals surface area contributed by atoms with E-state index in [-0.39, 0.29) is 0 Å². The number of hydrogen-bond acceptors (Lipinski definition) is 3. The molecule has 3 nitrogen and oxygen atoms in total. The molecule has 1 aromatic rings. The van der Waals surface area contributed by atoms with E-state index in [4.69, 9.17) is 4.42 Å². The summed E-state index contributed by atoms with van der Waals surface area (Å²) >= 11 is 0. The molecule has 0 aliphatic carbocycles. The van der Waals surface area contributed by atoms with Gasteiger partial charge in [0.15, 0.2) is 0 Å². The Balaban J connectivity index is 2.54. The Morgan fingerprint density at radius 3 is 2.54 bits per heavy atom. The van der Waals surface area contributed by atoms with E-state index in [9.17, 15) is 9.59 Å². The lowest BCUT2D eigenvalue weighted by Crippen LogP contribution is -1.91. The Hall–Kier alpha value is -1.38. The third kappa shape index (κ3) is 2.86. The van der Waals surface area contributed by atoms with E-state index >= 15 is 0 Å². The molecule has 0 N–H and O–H groups in total. The van der Waals surface area contributed by atoms with Gasteiger partial charge in [-0.1, -0.05) is 0 Å². The molecule has 0 atom stereocenters. The fourth-order valence-corrected chi connectivity index (χ4v) is 1.21. The van der Waals surface area contributed by atoms with Gasteiger partial charge in [-0.25, -0.2) is 0 Å². The second-order valence-electron chi connectivity index (χ2n) is 2.78. The predicted molar refractivity (Wildman–Crippen MR) is 47.5 cm³/mol. The first-order chi connectivity index (χ1) is 6.38. The van der Waals surface area contributed by atoms with E-state index in [1.165, 1.54) is 0 Å². The number of rotatable bonds is 6. The van der Waals surface area contributed by atoms with Crippen molar-refractivity contribution in [3.63, 3.8) is 0 Å².